The number of hydrogen-bond donors (Lipinski definition) is 1. The molecule has 0 bridgehead atoms. The minimum atomic E-state index is -0.508. The number of benzene rings is 2. The molecule has 0 amide bonds. The summed E-state index contributed by atoms with van der Waals surface area (Å²) in [5.74, 6) is 0.222. The van der Waals surface area contributed by atoms with Gasteiger partial charge in [-0.3, -0.25) is 0 Å². The molecular weight excluding hydrogens is 293 g/mol. The van der Waals surface area contributed by atoms with E-state index in [1.807, 2.05) is 24.3 Å². The van der Waals surface area contributed by atoms with Crippen molar-refractivity contribution in [1.82, 2.24) is 4.98 Å². The lowest BCUT2D eigenvalue weighted by Crippen LogP contribution is -1.95. The van der Waals surface area contributed by atoms with E-state index in [-0.39, 0.29) is 11.6 Å². The Bertz CT molecular complexity index is 807. The molecule has 3 nitrogen and oxygen atoms in total. The third-order valence-electron chi connectivity index (χ3n) is 3.03. The first kappa shape index (κ1) is 13.8. The standard InChI is InChI=1S/C16H11ClFNO2/c17-14-8-12(5-6-15(14)18)21-16-13-4-2-1-3-10(13)7-11(9-20)19-16/h1-8,20H,9H2. The van der Waals surface area contributed by atoms with Crippen LogP contribution < -0.4 is 4.74 Å². The van der Waals surface area contributed by atoms with Gasteiger partial charge in [0.1, 0.15) is 11.6 Å². The fourth-order valence-corrected chi connectivity index (χ4v) is 2.20. The summed E-state index contributed by atoms with van der Waals surface area (Å²) in [6.45, 7) is -0.189. The van der Waals surface area contributed by atoms with Crippen LogP contribution in [0.3, 0.4) is 0 Å². The molecule has 1 heterocycles. The Balaban J connectivity index is 2.08. The Kier molecular flexibility index (Phi) is 3.73. The predicted molar refractivity (Wildman–Crippen MR) is 79.1 cm³/mol. The van der Waals surface area contributed by atoms with E-state index >= 15 is 0 Å². The van der Waals surface area contributed by atoms with Crippen LogP contribution in [0.25, 0.3) is 10.8 Å². The molecule has 0 saturated heterocycles. The summed E-state index contributed by atoms with van der Waals surface area (Å²) in [6.07, 6.45) is 0. The molecule has 1 N–H and O–H groups in total. The molecule has 0 fully saturated rings. The Morgan fingerprint density at radius 2 is 1.95 bits per heavy atom. The fraction of sp³-hybridized carbons (Fsp3) is 0.0625. The average Bonchev–Trinajstić information content (AvgIpc) is 2.51. The highest BCUT2D eigenvalue weighted by Crippen LogP contribution is 2.30. The number of aliphatic hydroxyl groups excluding tert-OH is 1. The molecule has 0 saturated carbocycles. The molecule has 106 valence electrons. The van der Waals surface area contributed by atoms with Gasteiger partial charge in [0.15, 0.2) is 0 Å². The monoisotopic (exact) mass is 303 g/mol. The summed E-state index contributed by atoms with van der Waals surface area (Å²) >= 11 is 5.74. The number of halogens is 2. The number of fused-ring (bicyclic) bond motifs is 1. The van der Waals surface area contributed by atoms with Gasteiger partial charge in [-0.15, -0.1) is 0 Å². The van der Waals surface area contributed by atoms with Crippen LogP contribution >= 0.6 is 11.6 Å². The van der Waals surface area contributed by atoms with Crippen LogP contribution in [0.1, 0.15) is 5.69 Å². The van der Waals surface area contributed by atoms with E-state index in [1.165, 1.54) is 18.2 Å². The summed E-state index contributed by atoms with van der Waals surface area (Å²) in [4.78, 5) is 4.26. The molecule has 1 aromatic heterocycles. The highest BCUT2D eigenvalue weighted by Gasteiger charge is 2.09. The van der Waals surface area contributed by atoms with E-state index in [4.69, 9.17) is 16.3 Å². The summed E-state index contributed by atoms with van der Waals surface area (Å²) in [7, 11) is 0. The second kappa shape index (κ2) is 5.68. The highest BCUT2D eigenvalue weighted by atomic mass is 35.5. The van der Waals surface area contributed by atoms with Crippen molar-refractivity contribution in [3.8, 4) is 11.6 Å². The van der Waals surface area contributed by atoms with Gasteiger partial charge in [-0.2, -0.15) is 0 Å². The maximum atomic E-state index is 13.2. The van der Waals surface area contributed by atoms with E-state index < -0.39 is 5.82 Å². The van der Waals surface area contributed by atoms with E-state index in [0.29, 0.717) is 17.3 Å². The van der Waals surface area contributed by atoms with Crippen LogP contribution in [0.15, 0.2) is 48.5 Å². The van der Waals surface area contributed by atoms with Crippen molar-refractivity contribution < 1.29 is 14.2 Å². The molecule has 2 aromatic carbocycles. The molecule has 3 aromatic rings. The van der Waals surface area contributed by atoms with Gasteiger partial charge in [0, 0.05) is 11.5 Å². The molecule has 0 unspecified atom stereocenters. The Hall–Kier alpha value is -2.17. The van der Waals surface area contributed by atoms with Crippen molar-refractivity contribution in [1.29, 1.82) is 0 Å². The van der Waals surface area contributed by atoms with Crippen molar-refractivity contribution in [2.24, 2.45) is 0 Å². The van der Waals surface area contributed by atoms with Gasteiger partial charge in [-0.25, -0.2) is 9.37 Å². The highest BCUT2D eigenvalue weighted by molar-refractivity contribution is 6.30. The normalized spacial score (nSPS) is 10.8. The van der Waals surface area contributed by atoms with Crippen molar-refractivity contribution >= 4 is 22.4 Å². The van der Waals surface area contributed by atoms with E-state index in [1.54, 1.807) is 6.07 Å². The summed E-state index contributed by atoms with van der Waals surface area (Å²) in [6, 6.07) is 13.4. The third-order valence-corrected chi connectivity index (χ3v) is 3.32. The van der Waals surface area contributed by atoms with Gasteiger partial charge in [-0.05, 0) is 29.7 Å². The molecule has 0 atom stereocenters. The first-order valence-corrected chi connectivity index (χ1v) is 6.67. The number of nitrogens with zero attached hydrogens (tertiary/aromatic N) is 1. The number of rotatable bonds is 3. The second-order valence-corrected chi connectivity index (χ2v) is 4.88. The lowest BCUT2D eigenvalue weighted by molar-refractivity contribution is 0.275. The minimum absolute atomic E-state index is 0.0184. The molecule has 3 rings (SSSR count). The van der Waals surface area contributed by atoms with Crippen LogP contribution in [0, 0.1) is 5.82 Å². The SMILES string of the molecule is OCc1cc2ccccc2c(Oc2ccc(F)c(Cl)c2)n1. The molecule has 0 spiro atoms. The van der Waals surface area contributed by atoms with Crippen LogP contribution in [0.4, 0.5) is 4.39 Å². The number of aromatic nitrogens is 1. The molecule has 0 aliphatic rings. The lowest BCUT2D eigenvalue weighted by atomic mass is 10.1. The van der Waals surface area contributed by atoms with E-state index in [9.17, 15) is 9.50 Å². The Morgan fingerprint density at radius 3 is 2.71 bits per heavy atom. The zero-order chi connectivity index (χ0) is 14.8. The largest absolute Gasteiger partial charge is 0.438 e. The molecule has 5 heteroatoms. The third kappa shape index (κ3) is 2.82. The molecule has 0 radical (unpaired) electrons. The van der Waals surface area contributed by atoms with Gasteiger partial charge in [0.2, 0.25) is 5.88 Å². The van der Waals surface area contributed by atoms with Crippen molar-refractivity contribution in [3.63, 3.8) is 0 Å². The van der Waals surface area contributed by atoms with Crippen LogP contribution in [-0.2, 0) is 6.61 Å². The number of ether oxygens (including phenoxy) is 1. The Morgan fingerprint density at radius 1 is 1.14 bits per heavy atom. The number of aliphatic hydroxyl groups is 1. The van der Waals surface area contributed by atoms with Crippen LogP contribution in [0.2, 0.25) is 5.02 Å². The first-order valence-electron chi connectivity index (χ1n) is 6.30. The van der Waals surface area contributed by atoms with Crippen molar-refractivity contribution in [2.45, 2.75) is 6.61 Å². The average molecular weight is 304 g/mol. The zero-order valence-corrected chi connectivity index (χ0v) is 11.6. The smallest absolute Gasteiger partial charge is 0.227 e. The summed E-state index contributed by atoms with van der Waals surface area (Å²) in [5.41, 5.74) is 0.497. The maximum Gasteiger partial charge on any atom is 0.227 e. The van der Waals surface area contributed by atoms with Gasteiger partial charge in [-0.1, -0.05) is 29.8 Å². The van der Waals surface area contributed by atoms with Crippen molar-refractivity contribution in [2.75, 3.05) is 0 Å². The zero-order valence-electron chi connectivity index (χ0n) is 10.9. The van der Waals surface area contributed by atoms with Gasteiger partial charge < -0.3 is 9.84 Å². The van der Waals surface area contributed by atoms with Gasteiger partial charge in [0.05, 0.1) is 17.3 Å². The molecule has 0 aliphatic heterocycles. The topological polar surface area (TPSA) is 42.4 Å². The van der Waals surface area contributed by atoms with Crippen molar-refractivity contribution in [3.05, 3.63) is 65.1 Å². The van der Waals surface area contributed by atoms with Gasteiger partial charge in [0.25, 0.3) is 0 Å². The van der Waals surface area contributed by atoms with Crippen LogP contribution in [0.5, 0.6) is 11.6 Å². The first-order chi connectivity index (χ1) is 10.2. The molecule has 21 heavy (non-hydrogen) atoms. The van der Waals surface area contributed by atoms with E-state index in [2.05, 4.69) is 4.98 Å². The van der Waals surface area contributed by atoms with Crippen LogP contribution in [-0.4, -0.2) is 10.1 Å². The minimum Gasteiger partial charge on any atom is -0.438 e. The van der Waals surface area contributed by atoms with E-state index in [0.717, 1.165) is 10.8 Å². The molecule has 0 aliphatic carbocycles. The Labute approximate surface area is 125 Å². The van der Waals surface area contributed by atoms with Gasteiger partial charge >= 0.3 is 0 Å². The fourth-order valence-electron chi connectivity index (χ4n) is 2.03. The maximum absolute atomic E-state index is 13.2. The molecular formula is C16H11ClFNO2. The summed E-state index contributed by atoms with van der Waals surface area (Å²) < 4.78 is 18.9. The second-order valence-electron chi connectivity index (χ2n) is 4.48. The lowest BCUT2D eigenvalue weighted by Gasteiger charge is -2.10. The quantitative estimate of drug-likeness (QED) is 0.784. The number of pyridine rings is 1. The predicted octanol–water partition coefficient (Wildman–Crippen LogP) is 4.31. The summed E-state index contributed by atoms with van der Waals surface area (Å²) in [5, 5.41) is 11.0. The number of hydrogen-bond acceptors (Lipinski definition) is 3.